The number of halogens is 2. The lowest BCUT2D eigenvalue weighted by Gasteiger charge is -2.06. The highest BCUT2D eigenvalue weighted by Gasteiger charge is 2.12. The maximum atomic E-state index is 13.5. The highest BCUT2D eigenvalue weighted by molar-refractivity contribution is 6.04. The van der Waals surface area contributed by atoms with Crippen LogP contribution in [-0.4, -0.2) is 10.9 Å². The largest absolute Gasteiger partial charge is 0.320 e. The number of amides is 1. The molecule has 0 aliphatic heterocycles. The Morgan fingerprint density at radius 3 is 2.67 bits per heavy atom. The van der Waals surface area contributed by atoms with E-state index in [0.717, 1.165) is 11.6 Å². The second-order valence-electron chi connectivity index (χ2n) is 3.81. The predicted molar refractivity (Wildman–Crippen MR) is 63.3 cm³/mol. The fourth-order valence-corrected chi connectivity index (χ4v) is 1.46. The van der Waals surface area contributed by atoms with Gasteiger partial charge in [-0.05, 0) is 31.2 Å². The average Bonchev–Trinajstić information content (AvgIpc) is 2.35. The van der Waals surface area contributed by atoms with Gasteiger partial charge in [0.15, 0.2) is 0 Å². The van der Waals surface area contributed by atoms with E-state index in [4.69, 9.17) is 0 Å². The van der Waals surface area contributed by atoms with Crippen LogP contribution in [0, 0.1) is 18.7 Å². The zero-order valence-electron chi connectivity index (χ0n) is 9.58. The zero-order chi connectivity index (χ0) is 13.1. The Kier molecular flexibility index (Phi) is 3.32. The number of hydrogen-bond donors (Lipinski definition) is 1. The Morgan fingerprint density at radius 2 is 2.00 bits per heavy atom. The number of carbonyl (C=O) groups is 1. The van der Waals surface area contributed by atoms with E-state index in [1.54, 1.807) is 13.0 Å². The zero-order valence-corrected chi connectivity index (χ0v) is 9.58. The average molecular weight is 248 g/mol. The van der Waals surface area contributed by atoms with Crippen LogP contribution in [0.15, 0.2) is 36.5 Å². The molecule has 1 aromatic carbocycles. The fourth-order valence-electron chi connectivity index (χ4n) is 1.46. The first-order valence-corrected chi connectivity index (χ1v) is 5.25. The molecule has 0 fully saturated rings. The van der Waals surface area contributed by atoms with Gasteiger partial charge in [-0.1, -0.05) is 11.6 Å². The number of benzene rings is 1. The number of hydrogen-bond acceptors (Lipinski definition) is 2. The van der Waals surface area contributed by atoms with Gasteiger partial charge in [-0.15, -0.1) is 0 Å². The molecule has 92 valence electrons. The van der Waals surface area contributed by atoms with Crippen LogP contribution < -0.4 is 5.32 Å². The lowest BCUT2D eigenvalue weighted by molar-refractivity contribution is 0.102. The fraction of sp³-hybridized carbons (Fsp3) is 0.0769. The highest BCUT2D eigenvalue weighted by Crippen LogP contribution is 2.13. The van der Waals surface area contributed by atoms with Gasteiger partial charge in [0.05, 0.1) is 17.4 Å². The van der Waals surface area contributed by atoms with Crippen molar-refractivity contribution in [1.82, 2.24) is 4.98 Å². The molecular formula is C13H10F2N2O. The normalized spacial score (nSPS) is 10.2. The Morgan fingerprint density at radius 1 is 1.22 bits per heavy atom. The van der Waals surface area contributed by atoms with E-state index in [9.17, 15) is 13.6 Å². The summed E-state index contributed by atoms with van der Waals surface area (Å²) < 4.78 is 26.0. The first-order valence-electron chi connectivity index (χ1n) is 5.25. The lowest BCUT2D eigenvalue weighted by Crippen LogP contribution is -2.14. The van der Waals surface area contributed by atoms with Crippen molar-refractivity contribution in [3.05, 3.63) is 59.4 Å². The van der Waals surface area contributed by atoms with Crippen molar-refractivity contribution in [3.8, 4) is 0 Å². The SMILES string of the molecule is Cc1ccc(F)c(C(=O)Nc2ccc(F)nc2)c1. The van der Waals surface area contributed by atoms with Crippen molar-refractivity contribution in [1.29, 1.82) is 0 Å². The maximum absolute atomic E-state index is 13.5. The summed E-state index contributed by atoms with van der Waals surface area (Å²) in [6.45, 7) is 1.76. The summed E-state index contributed by atoms with van der Waals surface area (Å²) in [6.07, 6.45) is 1.17. The molecule has 0 bridgehead atoms. The Labute approximate surface area is 102 Å². The van der Waals surface area contributed by atoms with Gasteiger partial charge < -0.3 is 5.32 Å². The van der Waals surface area contributed by atoms with E-state index >= 15 is 0 Å². The van der Waals surface area contributed by atoms with Gasteiger partial charge in [0, 0.05) is 0 Å². The van der Waals surface area contributed by atoms with E-state index in [-0.39, 0.29) is 5.56 Å². The first-order chi connectivity index (χ1) is 8.56. The Bertz CT molecular complexity index is 582. The van der Waals surface area contributed by atoms with Crippen LogP contribution in [0.2, 0.25) is 0 Å². The molecule has 1 heterocycles. The van der Waals surface area contributed by atoms with Crippen molar-refractivity contribution in [2.24, 2.45) is 0 Å². The Balaban J connectivity index is 2.21. The molecule has 1 amide bonds. The summed E-state index contributed by atoms with van der Waals surface area (Å²) in [6, 6.07) is 6.72. The van der Waals surface area contributed by atoms with Crippen LogP contribution in [0.25, 0.3) is 0 Å². The predicted octanol–water partition coefficient (Wildman–Crippen LogP) is 2.92. The molecule has 0 aliphatic rings. The van der Waals surface area contributed by atoms with E-state index in [1.807, 2.05) is 0 Å². The third-order valence-corrected chi connectivity index (χ3v) is 2.35. The number of aryl methyl sites for hydroxylation is 1. The molecular weight excluding hydrogens is 238 g/mol. The quantitative estimate of drug-likeness (QED) is 0.830. The number of nitrogens with one attached hydrogen (secondary N) is 1. The molecule has 5 heteroatoms. The van der Waals surface area contributed by atoms with Crippen molar-refractivity contribution in [3.63, 3.8) is 0 Å². The third kappa shape index (κ3) is 2.68. The summed E-state index contributed by atoms with van der Waals surface area (Å²) in [7, 11) is 0. The highest BCUT2D eigenvalue weighted by atomic mass is 19.1. The van der Waals surface area contributed by atoms with E-state index in [0.29, 0.717) is 5.69 Å². The molecule has 3 nitrogen and oxygen atoms in total. The van der Waals surface area contributed by atoms with Gasteiger partial charge in [0.2, 0.25) is 5.95 Å². The molecule has 2 rings (SSSR count). The van der Waals surface area contributed by atoms with Crippen LogP contribution >= 0.6 is 0 Å². The molecule has 0 saturated heterocycles. The summed E-state index contributed by atoms with van der Waals surface area (Å²) in [5.74, 6) is -1.84. The van der Waals surface area contributed by atoms with Gasteiger partial charge in [0.1, 0.15) is 5.82 Å². The summed E-state index contributed by atoms with van der Waals surface area (Å²) in [5.41, 5.74) is 1.03. The number of pyridine rings is 1. The number of rotatable bonds is 2. The summed E-state index contributed by atoms with van der Waals surface area (Å²) >= 11 is 0. The standard InChI is InChI=1S/C13H10F2N2O/c1-8-2-4-11(14)10(6-8)13(18)17-9-3-5-12(15)16-7-9/h2-7H,1H3,(H,17,18). The van der Waals surface area contributed by atoms with Crippen LogP contribution in [0.1, 0.15) is 15.9 Å². The van der Waals surface area contributed by atoms with Crippen LogP contribution in [0.3, 0.4) is 0 Å². The second-order valence-corrected chi connectivity index (χ2v) is 3.81. The number of anilines is 1. The minimum Gasteiger partial charge on any atom is -0.320 e. The van der Waals surface area contributed by atoms with Gasteiger partial charge in [-0.2, -0.15) is 4.39 Å². The van der Waals surface area contributed by atoms with Gasteiger partial charge in [-0.3, -0.25) is 4.79 Å². The van der Waals surface area contributed by atoms with Gasteiger partial charge in [-0.25, -0.2) is 9.37 Å². The molecule has 2 aromatic rings. The van der Waals surface area contributed by atoms with Gasteiger partial charge >= 0.3 is 0 Å². The molecule has 0 saturated carbocycles. The molecule has 0 aliphatic carbocycles. The second kappa shape index (κ2) is 4.91. The molecule has 18 heavy (non-hydrogen) atoms. The van der Waals surface area contributed by atoms with Crippen LogP contribution in [0.4, 0.5) is 14.5 Å². The smallest absolute Gasteiger partial charge is 0.258 e. The van der Waals surface area contributed by atoms with Crippen molar-refractivity contribution >= 4 is 11.6 Å². The summed E-state index contributed by atoms with van der Waals surface area (Å²) in [4.78, 5) is 15.2. The van der Waals surface area contributed by atoms with Crippen molar-refractivity contribution in [2.45, 2.75) is 6.92 Å². The topological polar surface area (TPSA) is 42.0 Å². The number of aromatic nitrogens is 1. The van der Waals surface area contributed by atoms with Crippen LogP contribution in [-0.2, 0) is 0 Å². The number of carbonyl (C=O) groups excluding carboxylic acids is 1. The molecule has 0 radical (unpaired) electrons. The van der Waals surface area contributed by atoms with E-state index in [1.165, 1.54) is 24.4 Å². The van der Waals surface area contributed by atoms with E-state index in [2.05, 4.69) is 10.3 Å². The molecule has 0 atom stereocenters. The van der Waals surface area contributed by atoms with Crippen molar-refractivity contribution < 1.29 is 13.6 Å². The monoisotopic (exact) mass is 248 g/mol. The molecule has 1 N–H and O–H groups in total. The first kappa shape index (κ1) is 12.2. The van der Waals surface area contributed by atoms with E-state index < -0.39 is 17.7 Å². The molecule has 0 spiro atoms. The number of nitrogens with zero attached hydrogens (tertiary/aromatic N) is 1. The Hall–Kier alpha value is -2.30. The lowest BCUT2D eigenvalue weighted by atomic mass is 10.1. The van der Waals surface area contributed by atoms with Gasteiger partial charge in [0.25, 0.3) is 5.91 Å². The van der Waals surface area contributed by atoms with Crippen molar-refractivity contribution in [2.75, 3.05) is 5.32 Å². The molecule has 1 aromatic heterocycles. The minimum absolute atomic E-state index is 0.0562. The van der Waals surface area contributed by atoms with Crippen LogP contribution in [0.5, 0.6) is 0 Å². The maximum Gasteiger partial charge on any atom is 0.258 e. The minimum atomic E-state index is -0.644. The third-order valence-electron chi connectivity index (χ3n) is 2.35. The molecule has 0 unspecified atom stereocenters. The summed E-state index contributed by atoms with van der Waals surface area (Å²) in [5, 5.41) is 2.45.